The molecule has 5 nitrogen and oxygen atoms in total. The minimum absolute atomic E-state index is 0.0563. The molecule has 0 N–H and O–H groups in total. The lowest BCUT2D eigenvalue weighted by molar-refractivity contribution is -0.130. The Kier molecular flexibility index (Phi) is 5.47. The number of aromatic nitrogens is 1. The van der Waals surface area contributed by atoms with Crippen molar-refractivity contribution in [3.8, 4) is 11.5 Å². The number of aryl methyl sites for hydroxylation is 1. The van der Waals surface area contributed by atoms with E-state index in [4.69, 9.17) is 9.47 Å². The van der Waals surface area contributed by atoms with Crippen LogP contribution < -0.4 is 9.47 Å². The minimum Gasteiger partial charge on any atom is -0.454 e. The highest BCUT2D eigenvalue weighted by atomic mass is 16.7. The van der Waals surface area contributed by atoms with Crippen molar-refractivity contribution in [1.82, 2.24) is 9.88 Å². The molecule has 29 heavy (non-hydrogen) atoms. The molecule has 1 amide bonds. The topological polar surface area (TPSA) is 51.7 Å². The highest BCUT2D eigenvalue weighted by molar-refractivity contribution is 5.77. The maximum atomic E-state index is 13.1. The minimum atomic E-state index is -0.0563. The quantitative estimate of drug-likeness (QED) is 0.632. The van der Waals surface area contributed by atoms with E-state index in [2.05, 4.69) is 17.1 Å². The summed E-state index contributed by atoms with van der Waals surface area (Å²) in [5.41, 5.74) is 4.34. The molecule has 0 radical (unpaired) electrons. The molecule has 0 saturated carbocycles. The third kappa shape index (κ3) is 4.24. The molecule has 0 spiro atoms. The number of ether oxygens (including phenoxy) is 2. The lowest BCUT2D eigenvalue weighted by Crippen LogP contribution is -2.28. The Hall–Kier alpha value is -3.34. The van der Waals surface area contributed by atoms with Crippen LogP contribution in [0.25, 0.3) is 0 Å². The second-order valence-corrected chi connectivity index (χ2v) is 7.33. The highest BCUT2D eigenvalue weighted by Crippen LogP contribution is 2.37. The normalized spacial score (nSPS) is 13.2. The number of nitrogens with zero attached hydrogens (tertiary/aromatic N) is 2. The number of carbonyl (C=O) groups is 1. The summed E-state index contributed by atoms with van der Waals surface area (Å²) in [6.07, 6.45) is 3.97. The summed E-state index contributed by atoms with van der Waals surface area (Å²) in [4.78, 5) is 19.0. The van der Waals surface area contributed by atoms with Crippen LogP contribution in [0.15, 0.2) is 67.0 Å². The van der Waals surface area contributed by atoms with Gasteiger partial charge in [-0.15, -0.1) is 0 Å². The van der Waals surface area contributed by atoms with Crippen LogP contribution in [-0.2, 0) is 11.3 Å². The van der Waals surface area contributed by atoms with Crippen LogP contribution in [-0.4, -0.2) is 29.6 Å². The first-order chi connectivity index (χ1) is 14.1. The lowest BCUT2D eigenvalue weighted by Gasteiger charge is -2.23. The molecule has 0 bridgehead atoms. The molecule has 148 valence electrons. The van der Waals surface area contributed by atoms with Gasteiger partial charge in [-0.2, -0.15) is 0 Å². The van der Waals surface area contributed by atoms with Gasteiger partial charge in [0.2, 0.25) is 12.7 Å². The second kappa shape index (κ2) is 8.35. The molecule has 2 aromatic carbocycles. The number of hydrogen-bond donors (Lipinski definition) is 0. The molecular formula is C24H24N2O3. The van der Waals surface area contributed by atoms with E-state index < -0.39 is 0 Å². The van der Waals surface area contributed by atoms with Crippen molar-refractivity contribution in [1.29, 1.82) is 0 Å². The molecule has 5 heteroatoms. The average molecular weight is 388 g/mol. The molecule has 3 aromatic rings. The van der Waals surface area contributed by atoms with Crippen molar-refractivity contribution in [2.24, 2.45) is 0 Å². The SMILES string of the molecule is Cc1cnccc1CN(C)C(=O)C[C@@H](c1ccccc1)c1ccc2c(c1)OCO2. The molecule has 0 unspecified atom stereocenters. The van der Waals surface area contributed by atoms with E-state index in [0.717, 1.165) is 33.8 Å². The van der Waals surface area contributed by atoms with Crippen molar-refractivity contribution < 1.29 is 14.3 Å². The summed E-state index contributed by atoms with van der Waals surface area (Å²) in [6, 6.07) is 18.0. The van der Waals surface area contributed by atoms with E-state index in [9.17, 15) is 4.79 Å². The molecule has 4 rings (SSSR count). The fraction of sp³-hybridized carbons (Fsp3) is 0.250. The van der Waals surface area contributed by atoms with Crippen LogP contribution >= 0.6 is 0 Å². The van der Waals surface area contributed by atoms with Gasteiger partial charge in [0.15, 0.2) is 11.5 Å². The molecule has 0 aliphatic carbocycles. The van der Waals surface area contributed by atoms with E-state index in [0.29, 0.717) is 13.0 Å². The molecule has 1 aliphatic rings. The molecule has 0 fully saturated rings. The predicted molar refractivity (Wildman–Crippen MR) is 111 cm³/mol. The fourth-order valence-corrected chi connectivity index (χ4v) is 3.60. The Morgan fingerprint density at radius 2 is 1.86 bits per heavy atom. The smallest absolute Gasteiger partial charge is 0.231 e. The summed E-state index contributed by atoms with van der Waals surface area (Å²) in [5, 5.41) is 0. The molecule has 1 atom stereocenters. The van der Waals surface area contributed by atoms with Gasteiger partial charge in [-0.3, -0.25) is 9.78 Å². The van der Waals surface area contributed by atoms with Gasteiger partial charge in [-0.1, -0.05) is 36.4 Å². The van der Waals surface area contributed by atoms with Gasteiger partial charge in [0.25, 0.3) is 0 Å². The first-order valence-electron chi connectivity index (χ1n) is 9.70. The number of amides is 1. The van der Waals surface area contributed by atoms with Crippen LogP contribution in [0.2, 0.25) is 0 Å². The van der Waals surface area contributed by atoms with Gasteiger partial charge < -0.3 is 14.4 Å². The Labute approximate surface area is 170 Å². The third-order valence-electron chi connectivity index (χ3n) is 5.35. The number of rotatable bonds is 6. The summed E-state index contributed by atoms with van der Waals surface area (Å²) in [5.74, 6) is 1.51. The summed E-state index contributed by atoms with van der Waals surface area (Å²) < 4.78 is 11.0. The molecule has 0 saturated heterocycles. The number of benzene rings is 2. The van der Waals surface area contributed by atoms with E-state index >= 15 is 0 Å². The molecule has 1 aromatic heterocycles. The number of carbonyl (C=O) groups excluding carboxylic acids is 1. The van der Waals surface area contributed by atoms with Gasteiger partial charge in [0, 0.05) is 38.3 Å². The van der Waals surface area contributed by atoms with Gasteiger partial charge in [-0.25, -0.2) is 0 Å². The van der Waals surface area contributed by atoms with Gasteiger partial charge in [0.1, 0.15) is 0 Å². The van der Waals surface area contributed by atoms with E-state index in [1.165, 1.54) is 0 Å². The Balaban J connectivity index is 1.57. The summed E-state index contributed by atoms with van der Waals surface area (Å²) in [7, 11) is 1.85. The van der Waals surface area contributed by atoms with Gasteiger partial charge in [-0.05, 0) is 47.4 Å². The summed E-state index contributed by atoms with van der Waals surface area (Å²) in [6.45, 7) is 2.82. The van der Waals surface area contributed by atoms with Crippen molar-refractivity contribution in [2.45, 2.75) is 25.8 Å². The van der Waals surface area contributed by atoms with Crippen LogP contribution in [0.1, 0.15) is 34.6 Å². The predicted octanol–water partition coefficient (Wildman–Crippen LogP) is 4.30. The maximum absolute atomic E-state index is 13.1. The molecular weight excluding hydrogens is 364 g/mol. The Bertz CT molecular complexity index is 1000. The zero-order chi connectivity index (χ0) is 20.2. The average Bonchev–Trinajstić information content (AvgIpc) is 3.22. The van der Waals surface area contributed by atoms with Crippen LogP contribution in [0.5, 0.6) is 11.5 Å². The first kappa shape index (κ1) is 19.0. The third-order valence-corrected chi connectivity index (χ3v) is 5.35. The molecule has 1 aliphatic heterocycles. The monoisotopic (exact) mass is 388 g/mol. The zero-order valence-corrected chi connectivity index (χ0v) is 16.7. The number of hydrogen-bond acceptors (Lipinski definition) is 4. The standard InChI is InChI=1S/C24H24N2O3/c1-17-14-25-11-10-20(17)15-26(2)24(27)13-21(18-6-4-3-5-7-18)19-8-9-22-23(12-19)29-16-28-22/h3-12,14,21H,13,15-16H2,1-2H3/t21-/m0/s1. The van der Waals surface area contributed by atoms with Crippen LogP contribution in [0, 0.1) is 6.92 Å². The van der Waals surface area contributed by atoms with Crippen LogP contribution in [0.3, 0.4) is 0 Å². The van der Waals surface area contributed by atoms with Crippen LogP contribution in [0.4, 0.5) is 0 Å². The fourth-order valence-electron chi connectivity index (χ4n) is 3.60. The van der Waals surface area contributed by atoms with E-state index in [-0.39, 0.29) is 18.6 Å². The lowest BCUT2D eigenvalue weighted by atomic mass is 9.88. The largest absolute Gasteiger partial charge is 0.454 e. The van der Waals surface area contributed by atoms with Crippen molar-refractivity contribution >= 4 is 5.91 Å². The van der Waals surface area contributed by atoms with E-state index in [1.807, 2.05) is 62.6 Å². The molecule has 2 heterocycles. The number of pyridine rings is 1. The first-order valence-corrected chi connectivity index (χ1v) is 9.70. The van der Waals surface area contributed by atoms with Crippen molar-refractivity contribution in [2.75, 3.05) is 13.8 Å². The summed E-state index contributed by atoms with van der Waals surface area (Å²) >= 11 is 0. The highest BCUT2D eigenvalue weighted by Gasteiger charge is 2.23. The Morgan fingerprint density at radius 3 is 2.66 bits per heavy atom. The van der Waals surface area contributed by atoms with Crippen molar-refractivity contribution in [3.05, 3.63) is 89.2 Å². The van der Waals surface area contributed by atoms with E-state index in [1.54, 1.807) is 11.1 Å². The Morgan fingerprint density at radius 1 is 1.07 bits per heavy atom. The zero-order valence-electron chi connectivity index (χ0n) is 16.7. The second-order valence-electron chi connectivity index (χ2n) is 7.33. The van der Waals surface area contributed by atoms with Gasteiger partial charge >= 0.3 is 0 Å². The van der Waals surface area contributed by atoms with Gasteiger partial charge in [0.05, 0.1) is 0 Å². The van der Waals surface area contributed by atoms with Crippen molar-refractivity contribution in [3.63, 3.8) is 0 Å². The maximum Gasteiger partial charge on any atom is 0.231 e. The number of fused-ring (bicyclic) bond motifs is 1.